The Morgan fingerprint density at radius 3 is 2.67 bits per heavy atom. The molecule has 0 radical (unpaired) electrons. The Balaban J connectivity index is 2.28. The second-order valence-electron chi connectivity index (χ2n) is 4.70. The van der Waals surface area contributed by atoms with Gasteiger partial charge in [-0.2, -0.15) is 0 Å². The van der Waals surface area contributed by atoms with Crippen LogP contribution in [0.1, 0.15) is 29.3 Å². The summed E-state index contributed by atoms with van der Waals surface area (Å²) in [6.45, 7) is 2.10. The molecular weight excluding hydrogens is 286 g/mol. The van der Waals surface area contributed by atoms with Crippen LogP contribution in [0.15, 0.2) is 42.5 Å². The molecule has 110 valence electrons. The predicted molar refractivity (Wildman–Crippen MR) is 87.7 cm³/mol. The highest BCUT2D eigenvalue weighted by molar-refractivity contribution is 6.31. The number of nitrogens with two attached hydrogens (primary N) is 1. The van der Waals surface area contributed by atoms with E-state index in [9.17, 15) is 4.79 Å². The van der Waals surface area contributed by atoms with Crippen molar-refractivity contribution in [1.82, 2.24) is 0 Å². The quantitative estimate of drug-likeness (QED) is 0.581. The van der Waals surface area contributed by atoms with Gasteiger partial charge in [-0.3, -0.25) is 10.6 Å². The van der Waals surface area contributed by atoms with Gasteiger partial charge < -0.3 is 10.7 Å². The summed E-state index contributed by atoms with van der Waals surface area (Å²) >= 11 is 5.95. The normalized spacial score (nSPS) is 10.2. The third kappa shape index (κ3) is 3.74. The highest BCUT2D eigenvalue weighted by Gasteiger charge is 2.13. The van der Waals surface area contributed by atoms with Gasteiger partial charge in [-0.25, -0.2) is 0 Å². The molecule has 5 heteroatoms. The van der Waals surface area contributed by atoms with Crippen molar-refractivity contribution in [2.24, 2.45) is 5.84 Å². The molecule has 0 aliphatic rings. The molecule has 21 heavy (non-hydrogen) atoms. The number of rotatable bonds is 5. The number of aryl methyl sites for hydroxylation is 1. The number of benzene rings is 2. The van der Waals surface area contributed by atoms with Gasteiger partial charge in [-0.1, -0.05) is 43.1 Å². The fraction of sp³-hybridized carbons (Fsp3) is 0.188. The topological polar surface area (TPSA) is 67.2 Å². The number of anilines is 2. The van der Waals surface area contributed by atoms with Gasteiger partial charge in [0.2, 0.25) is 0 Å². The molecule has 0 aliphatic heterocycles. The zero-order valence-electron chi connectivity index (χ0n) is 11.8. The molecule has 0 atom stereocenters. The smallest absolute Gasteiger partial charge is 0.257 e. The van der Waals surface area contributed by atoms with Crippen LogP contribution in [0.3, 0.4) is 0 Å². The number of hydrazine groups is 1. The minimum Gasteiger partial charge on any atom is -0.323 e. The van der Waals surface area contributed by atoms with E-state index in [2.05, 4.69) is 17.7 Å². The molecule has 0 saturated heterocycles. The highest BCUT2D eigenvalue weighted by atomic mass is 35.5. The Morgan fingerprint density at radius 2 is 1.95 bits per heavy atom. The van der Waals surface area contributed by atoms with Crippen LogP contribution >= 0.6 is 11.6 Å². The number of amides is 1. The number of hydrogen-bond acceptors (Lipinski definition) is 3. The summed E-state index contributed by atoms with van der Waals surface area (Å²) in [5.74, 6) is 5.19. The molecule has 2 aromatic rings. The van der Waals surface area contributed by atoms with Gasteiger partial charge in [0.05, 0.1) is 11.3 Å². The first-order chi connectivity index (χ1) is 10.2. The number of nitrogen functional groups attached to an aromatic ring is 1. The lowest BCUT2D eigenvalue weighted by atomic mass is 10.1. The van der Waals surface area contributed by atoms with E-state index < -0.39 is 0 Å². The average molecular weight is 304 g/mol. The van der Waals surface area contributed by atoms with Crippen molar-refractivity contribution in [2.45, 2.75) is 19.8 Å². The van der Waals surface area contributed by atoms with Crippen LogP contribution in [0.5, 0.6) is 0 Å². The Hall–Kier alpha value is -2.04. The van der Waals surface area contributed by atoms with Crippen molar-refractivity contribution in [3.05, 3.63) is 58.6 Å². The molecule has 0 aromatic heterocycles. The lowest BCUT2D eigenvalue weighted by Crippen LogP contribution is -2.18. The first-order valence-electron chi connectivity index (χ1n) is 6.81. The Bertz CT molecular complexity index is 643. The summed E-state index contributed by atoms with van der Waals surface area (Å²) in [6, 6.07) is 12.7. The number of carbonyl (C=O) groups is 1. The summed E-state index contributed by atoms with van der Waals surface area (Å²) in [5.41, 5.74) is 5.38. The molecule has 0 aliphatic carbocycles. The van der Waals surface area contributed by atoms with Gasteiger partial charge in [0.15, 0.2) is 0 Å². The third-order valence-electron chi connectivity index (χ3n) is 3.17. The van der Waals surface area contributed by atoms with E-state index in [0.29, 0.717) is 16.3 Å². The number of para-hydroxylation sites is 1. The van der Waals surface area contributed by atoms with Crippen LogP contribution in [0.2, 0.25) is 5.02 Å². The maximum Gasteiger partial charge on any atom is 0.257 e. The Morgan fingerprint density at radius 1 is 1.19 bits per heavy atom. The SMILES string of the molecule is CCCc1ccccc1NC(=O)c1cc(Cl)ccc1NN. The van der Waals surface area contributed by atoms with E-state index in [1.165, 1.54) is 0 Å². The third-order valence-corrected chi connectivity index (χ3v) is 3.40. The van der Waals surface area contributed by atoms with Crippen molar-refractivity contribution in [3.63, 3.8) is 0 Å². The standard InChI is InChI=1S/C16H18ClN3O/c1-2-5-11-6-3-4-7-14(11)19-16(21)13-10-12(17)8-9-15(13)20-18/h3-4,6-10,20H,2,5,18H2,1H3,(H,19,21). The number of hydrogen-bond donors (Lipinski definition) is 3. The van der Waals surface area contributed by atoms with Crippen LogP contribution in [0.4, 0.5) is 11.4 Å². The van der Waals surface area contributed by atoms with E-state index >= 15 is 0 Å². The molecule has 2 aromatic carbocycles. The van der Waals surface area contributed by atoms with E-state index in [1.807, 2.05) is 24.3 Å². The minimum atomic E-state index is -0.242. The minimum absolute atomic E-state index is 0.242. The van der Waals surface area contributed by atoms with Crippen molar-refractivity contribution in [2.75, 3.05) is 10.7 Å². The van der Waals surface area contributed by atoms with Gasteiger partial charge in [0.25, 0.3) is 5.91 Å². The van der Waals surface area contributed by atoms with Crippen LogP contribution < -0.4 is 16.6 Å². The highest BCUT2D eigenvalue weighted by Crippen LogP contribution is 2.23. The predicted octanol–water partition coefficient (Wildman–Crippen LogP) is 3.83. The van der Waals surface area contributed by atoms with E-state index in [4.69, 9.17) is 17.4 Å². The van der Waals surface area contributed by atoms with Gasteiger partial charge in [0.1, 0.15) is 0 Å². The molecule has 2 rings (SSSR count). The largest absolute Gasteiger partial charge is 0.323 e. The molecule has 4 N–H and O–H groups in total. The molecule has 0 saturated carbocycles. The second-order valence-corrected chi connectivity index (χ2v) is 5.13. The molecule has 1 amide bonds. The molecule has 0 heterocycles. The average Bonchev–Trinajstić information content (AvgIpc) is 2.49. The van der Waals surface area contributed by atoms with Crippen molar-refractivity contribution in [3.8, 4) is 0 Å². The number of carbonyl (C=O) groups excluding carboxylic acids is 1. The van der Waals surface area contributed by atoms with Crippen molar-refractivity contribution < 1.29 is 4.79 Å². The van der Waals surface area contributed by atoms with E-state index in [0.717, 1.165) is 24.1 Å². The summed E-state index contributed by atoms with van der Waals surface area (Å²) in [7, 11) is 0. The number of halogens is 1. The molecular formula is C16H18ClN3O. The first-order valence-corrected chi connectivity index (χ1v) is 7.19. The van der Waals surface area contributed by atoms with Gasteiger partial charge >= 0.3 is 0 Å². The lowest BCUT2D eigenvalue weighted by molar-refractivity contribution is 0.102. The van der Waals surface area contributed by atoms with Crippen molar-refractivity contribution in [1.29, 1.82) is 0 Å². The molecule has 4 nitrogen and oxygen atoms in total. The zero-order valence-corrected chi connectivity index (χ0v) is 12.6. The fourth-order valence-corrected chi connectivity index (χ4v) is 2.32. The monoisotopic (exact) mass is 303 g/mol. The molecule has 0 spiro atoms. The summed E-state index contributed by atoms with van der Waals surface area (Å²) in [4.78, 5) is 12.4. The molecule has 0 bridgehead atoms. The van der Waals surface area contributed by atoms with Gasteiger partial charge in [-0.05, 0) is 36.2 Å². The Kier molecular flexibility index (Phi) is 5.20. The van der Waals surface area contributed by atoms with Gasteiger partial charge in [0, 0.05) is 10.7 Å². The second kappa shape index (κ2) is 7.11. The van der Waals surface area contributed by atoms with E-state index in [-0.39, 0.29) is 5.91 Å². The number of nitrogens with one attached hydrogen (secondary N) is 2. The van der Waals surface area contributed by atoms with Crippen LogP contribution in [0, 0.1) is 0 Å². The molecule has 0 unspecified atom stereocenters. The Labute approximate surface area is 129 Å². The maximum atomic E-state index is 12.4. The lowest BCUT2D eigenvalue weighted by Gasteiger charge is -2.13. The first kappa shape index (κ1) is 15.4. The van der Waals surface area contributed by atoms with Crippen molar-refractivity contribution >= 4 is 28.9 Å². The summed E-state index contributed by atoms with van der Waals surface area (Å²) in [5, 5.41) is 3.41. The van der Waals surface area contributed by atoms with E-state index in [1.54, 1.807) is 18.2 Å². The fourth-order valence-electron chi connectivity index (χ4n) is 2.15. The summed E-state index contributed by atoms with van der Waals surface area (Å²) < 4.78 is 0. The van der Waals surface area contributed by atoms with Gasteiger partial charge in [-0.15, -0.1) is 0 Å². The van der Waals surface area contributed by atoms with Crippen LogP contribution in [-0.2, 0) is 6.42 Å². The summed E-state index contributed by atoms with van der Waals surface area (Å²) in [6.07, 6.45) is 1.92. The van der Waals surface area contributed by atoms with Crippen LogP contribution in [0.25, 0.3) is 0 Å². The molecule has 0 fully saturated rings. The van der Waals surface area contributed by atoms with Crippen LogP contribution in [-0.4, -0.2) is 5.91 Å². The maximum absolute atomic E-state index is 12.4. The zero-order chi connectivity index (χ0) is 15.2.